The predicted molar refractivity (Wildman–Crippen MR) is 93.6 cm³/mol. The standard InChI is InChI=1S/C19H34N2O3/c1-5-24-16-9-19(23,18(16,3)4)12-20-17(22)14-6-7-15-8-13(2)10-21(15)11-14/h13-16,23H,5-12H2,1-4H3,(H,20,22). The molecular formula is C19H34N2O3. The van der Waals surface area contributed by atoms with E-state index in [9.17, 15) is 9.90 Å². The highest BCUT2D eigenvalue weighted by Crippen LogP contribution is 2.51. The second-order valence-electron chi connectivity index (χ2n) is 8.84. The number of aliphatic hydroxyl groups is 1. The Labute approximate surface area is 146 Å². The van der Waals surface area contributed by atoms with Gasteiger partial charge in [-0.1, -0.05) is 20.8 Å². The van der Waals surface area contributed by atoms with Crippen molar-refractivity contribution in [2.75, 3.05) is 26.2 Å². The monoisotopic (exact) mass is 338 g/mol. The number of piperidine rings is 1. The van der Waals surface area contributed by atoms with Gasteiger partial charge in [-0.3, -0.25) is 9.69 Å². The lowest BCUT2D eigenvalue weighted by molar-refractivity contribution is -0.238. The first-order valence-electron chi connectivity index (χ1n) is 9.62. The van der Waals surface area contributed by atoms with Gasteiger partial charge >= 0.3 is 0 Å². The Balaban J connectivity index is 1.49. The predicted octanol–water partition coefficient (Wildman–Crippen LogP) is 1.79. The van der Waals surface area contributed by atoms with Crippen molar-refractivity contribution in [1.82, 2.24) is 10.2 Å². The molecule has 0 bridgehead atoms. The number of hydrogen-bond acceptors (Lipinski definition) is 4. The summed E-state index contributed by atoms with van der Waals surface area (Å²) in [5.74, 6) is 0.932. The van der Waals surface area contributed by atoms with E-state index in [0.717, 1.165) is 31.8 Å². The SMILES string of the molecule is CCOC1CC(O)(CNC(=O)C2CCC3CC(C)CN3C2)C1(C)C. The zero-order valence-electron chi connectivity index (χ0n) is 15.7. The Morgan fingerprint density at radius 2 is 2.08 bits per heavy atom. The molecule has 5 unspecified atom stereocenters. The van der Waals surface area contributed by atoms with E-state index in [1.807, 2.05) is 20.8 Å². The minimum atomic E-state index is -0.859. The highest BCUT2D eigenvalue weighted by Gasteiger charge is 2.60. The number of rotatable bonds is 5. The van der Waals surface area contributed by atoms with Gasteiger partial charge in [-0.05, 0) is 32.1 Å². The van der Waals surface area contributed by atoms with E-state index in [-0.39, 0.29) is 23.3 Å². The third kappa shape index (κ3) is 3.11. The van der Waals surface area contributed by atoms with Crippen LogP contribution in [0.15, 0.2) is 0 Å². The molecule has 1 amide bonds. The van der Waals surface area contributed by atoms with E-state index < -0.39 is 5.60 Å². The molecule has 0 radical (unpaired) electrons. The van der Waals surface area contributed by atoms with Crippen molar-refractivity contribution >= 4 is 5.91 Å². The van der Waals surface area contributed by atoms with Crippen LogP contribution >= 0.6 is 0 Å². The first-order valence-corrected chi connectivity index (χ1v) is 9.62. The summed E-state index contributed by atoms with van der Waals surface area (Å²) < 4.78 is 5.69. The average molecular weight is 338 g/mol. The second kappa shape index (κ2) is 6.58. The molecule has 2 aliphatic heterocycles. The summed E-state index contributed by atoms with van der Waals surface area (Å²) in [7, 11) is 0. The quantitative estimate of drug-likeness (QED) is 0.802. The maximum atomic E-state index is 12.6. The van der Waals surface area contributed by atoms with Crippen LogP contribution < -0.4 is 5.32 Å². The number of nitrogens with zero attached hydrogens (tertiary/aromatic N) is 1. The van der Waals surface area contributed by atoms with E-state index in [1.165, 1.54) is 6.42 Å². The van der Waals surface area contributed by atoms with Crippen molar-refractivity contribution in [3.05, 3.63) is 0 Å². The molecule has 2 saturated heterocycles. The number of carbonyl (C=O) groups excluding carboxylic acids is 1. The Morgan fingerprint density at radius 3 is 2.75 bits per heavy atom. The van der Waals surface area contributed by atoms with Gasteiger partial charge in [-0.15, -0.1) is 0 Å². The number of amides is 1. The van der Waals surface area contributed by atoms with Gasteiger partial charge in [0.1, 0.15) is 0 Å². The molecule has 1 saturated carbocycles. The minimum absolute atomic E-state index is 0.0704. The lowest BCUT2D eigenvalue weighted by Gasteiger charge is -2.58. The van der Waals surface area contributed by atoms with Crippen LogP contribution in [0.3, 0.4) is 0 Å². The largest absolute Gasteiger partial charge is 0.387 e. The first-order chi connectivity index (χ1) is 11.3. The summed E-state index contributed by atoms with van der Waals surface area (Å²) >= 11 is 0. The van der Waals surface area contributed by atoms with E-state index in [4.69, 9.17) is 4.74 Å². The molecule has 5 heteroatoms. The lowest BCUT2D eigenvalue weighted by atomic mass is 9.56. The van der Waals surface area contributed by atoms with Crippen molar-refractivity contribution in [3.63, 3.8) is 0 Å². The Kier molecular flexibility index (Phi) is 4.98. The van der Waals surface area contributed by atoms with Crippen LogP contribution in [0.1, 0.15) is 53.4 Å². The molecule has 24 heavy (non-hydrogen) atoms. The van der Waals surface area contributed by atoms with Crippen LogP contribution in [-0.2, 0) is 9.53 Å². The van der Waals surface area contributed by atoms with Gasteiger partial charge in [0.25, 0.3) is 0 Å². The molecule has 3 fully saturated rings. The van der Waals surface area contributed by atoms with Crippen LogP contribution in [0.4, 0.5) is 0 Å². The molecule has 3 aliphatic rings. The Morgan fingerprint density at radius 1 is 1.33 bits per heavy atom. The number of hydrogen-bond donors (Lipinski definition) is 2. The Hall–Kier alpha value is -0.650. The molecule has 138 valence electrons. The fourth-order valence-corrected chi connectivity index (χ4v) is 4.88. The van der Waals surface area contributed by atoms with Gasteiger partial charge in [-0.25, -0.2) is 0 Å². The molecule has 2 heterocycles. The number of nitrogens with one attached hydrogen (secondary N) is 1. The zero-order valence-corrected chi connectivity index (χ0v) is 15.7. The molecule has 0 aromatic carbocycles. The summed E-state index contributed by atoms with van der Waals surface area (Å²) in [5.41, 5.74) is -1.18. The lowest BCUT2D eigenvalue weighted by Crippen LogP contribution is -2.69. The van der Waals surface area contributed by atoms with Crippen LogP contribution in [0.25, 0.3) is 0 Å². The van der Waals surface area contributed by atoms with E-state index in [0.29, 0.717) is 25.6 Å². The van der Waals surface area contributed by atoms with Gasteiger partial charge in [0.05, 0.1) is 17.6 Å². The van der Waals surface area contributed by atoms with Crippen LogP contribution in [0, 0.1) is 17.3 Å². The van der Waals surface area contributed by atoms with Gasteiger partial charge in [0.15, 0.2) is 0 Å². The summed E-state index contributed by atoms with van der Waals surface area (Å²) in [6.45, 7) is 11.3. The Bertz CT molecular complexity index is 481. The van der Waals surface area contributed by atoms with E-state index >= 15 is 0 Å². The fourth-order valence-electron chi connectivity index (χ4n) is 4.88. The summed E-state index contributed by atoms with van der Waals surface area (Å²) in [6.07, 6.45) is 4.06. The first kappa shape index (κ1) is 18.2. The molecule has 3 rings (SSSR count). The van der Waals surface area contributed by atoms with Gasteiger partial charge < -0.3 is 15.2 Å². The third-order valence-corrected chi connectivity index (χ3v) is 6.86. The maximum Gasteiger partial charge on any atom is 0.224 e. The summed E-state index contributed by atoms with van der Waals surface area (Å²) in [4.78, 5) is 15.1. The van der Waals surface area contributed by atoms with Crippen LogP contribution in [-0.4, -0.2) is 59.9 Å². The molecule has 1 aliphatic carbocycles. The normalized spacial score (nSPS) is 41.5. The molecular weight excluding hydrogens is 304 g/mol. The molecule has 5 atom stereocenters. The third-order valence-electron chi connectivity index (χ3n) is 6.86. The van der Waals surface area contributed by atoms with Crippen molar-refractivity contribution in [1.29, 1.82) is 0 Å². The van der Waals surface area contributed by atoms with E-state index in [1.54, 1.807) is 0 Å². The summed E-state index contributed by atoms with van der Waals surface area (Å²) in [6, 6.07) is 0.686. The molecule has 5 nitrogen and oxygen atoms in total. The topological polar surface area (TPSA) is 61.8 Å². The highest BCUT2D eigenvalue weighted by atomic mass is 16.5. The van der Waals surface area contributed by atoms with Crippen molar-refractivity contribution in [2.45, 2.75) is 71.1 Å². The number of carbonyl (C=O) groups is 1. The summed E-state index contributed by atoms with van der Waals surface area (Å²) in [5, 5.41) is 13.9. The van der Waals surface area contributed by atoms with Crippen LogP contribution in [0.5, 0.6) is 0 Å². The molecule has 2 N–H and O–H groups in total. The van der Waals surface area contributed by atoms with Crippen LogP contribution in [0.2, 0.25) is 0 Å². The maximum absolute atomic E-state index is 12.6. The highest BCUT2D eigenvalue weighted by molar-refractivity contribution is 5.79. The van der Waals surface area contributed by atoms with Gasteiger partial charge in [-0.2, -0.15) is 0 Å². The van der Waals surface area contributed by atoms with E-state index in [2.05, 4.69) is 17.1 Å². The molecule has 0 aromatic rings. The van der Waals surface area contributed by atoms with Gasteiger partial charge in [0.2, 0.25) is 5.91 Å². The average Bonchev–Trinajstić information content (AvgIpc) is 2.91. The van der Waals surface area contributed by atoms with Crippen molar-refractivity contribution in [2.24, 2.45) is 17.3 Å². The number of ether oxygens (including phenoxy) is 1. The second-order valence-corrected chi connectivity index (χ2v) is 8.84. The zero-order chi connectivity index (χ0) is 17.5. The van der Waals surface area contributed by atoms with Crippen molar-refractivity contribution < 1.29 is 14.6 Å². The number of fused-ring (bicyclic) bond motifs is 1. The molecule has 0 aromatic heterocycles. The van der Waals surface area contributed by atoms with Crippen molar-refractivity contribution in [3.8, 4) is 0 Å². The fraction of sp³-hybridized carbons (Fsp3) is 0.947. The molecule has 0 spiro atoms. The minimum Gasteiger partial charge on any atom is -0.387 e. The van der Waals surface area contributed by atoms with Gasteiger partial charge in [0, 0.05) is 44.1 Å². The smallest absolute Gasteiger partial charge is 0.224 e.